The van der Waals surface area contributed by atoms with Gasteiger partial charge in [-0.3, -0.25) is 4.68 Å². The van der Waals surface area contributed by atoms with Gasteiger partial charge in [-0.15, -0.1) is 0 Å². The molecule has 0 amide bonds. The van der Waals surface area contributed by atoms with Gasteiger partial charge in [0.25, 0.3) is 0 Å². The molecule has 0 bridgehead atoms. The van der Waals surface area contributed by atoms with Crippen molar-refractivity contribution in [3.8, 4) is 22.9 Å². The number of methoxy groups -OCH3 is 1. The number of allylic oxidation sites excluding steroid dienone is 3. The van der Waals surface area contributed by atoms with Crippen LogP contribution >= 0.6 is 0 Å². The van der Waals surface area contributed by atoms with Crippen LogP contribution in [0.2, 0.25) is 0 Å². The lowest BCUT2D eigenvalue weighted by atomic mass is 10.2. The molecule has 4 rings (SSSR count). The van der Waals surface area contributed by atoms with E-state index in [9.17, 15) is 9.18 Å². The van der Waals surface area contributed by atoms with E-state index in [0.717, 1.165) is 11.3 Å². The Bertz CT molecular complexity index is 1490. The van der Waals surface area contributed by atoms with Gasteiger partial charge in [0.05, 0.1) is 31.7 Å². The molecular formula is C28H29FN6O4. The summed E-state index contributed by atoms with van der Waals surface area (Å²) in [4.78, 5) is 21.6. The number of nitrogens with zero attached hydrogens (tertiary/aromatic N) is 5. The molecule has 11 heteroatoms. The lowest BCUT2D eigenvalue weighted by Gasteiger charge is -2.11. The van der Waals surface area contributed by atoms with Crippen molar-refractivity contribution in [2.24, 2.45) is 0 Å². The lowest BCUT2D eigenvalue weighted by Crippen LogP contribution is -2.14. The Morgan fingerprint density at radius 1 is 1.18 bits per heavy atom. The monoisotopic (exact) mass is 532 g/mol. The van der Waals surface area contributed by atoms with Crippen LogP contribution in [0.25, 0.3) is 22.9 Å². The van der Waals surface area contributed by atoms with Gasteiger partial charge >= 0.3 is 5.97 Å². The molecule has 0 unspecified atom stereocenters. The Labute approximate surface area is 225 Å². The van der Waals surface area contributed by atoms with Gasteiger partial charge in [-0.1, -0.05) is 35.0 Å². The number of carbonyl (C=O) groups is 1. The summed E-state index contributed by atoms with van der Waals surface area (Å²) in [5.74, 6) is 0.433. The van der Waals surface area contributed by atoms with Crippen LogP contribution in [0.5, 0.6) is 0 Å². The number of rotatable bonds is 11. The molecule has 0 saturated heterocycles. The first kappa shape index (κ1) is 27.2. The van der Waals surface area contributed by atoms with Gasteiger partial charge in [0.1, 0.15) is 34.8 Å². The third kappa shape index (κ3) is 6.75. The molecule has 0 radical (unpaired) electrons. The van der Waals surface area contributed by atoms with Gasteiger partial charge in [-0.25, -0.2) is 19.2 Å². The number of carbonyl (C=O) groups excluding carboxylic acids is 1. The summed E-state index contributed by atoms with van der Waals surface area (Å²) in [5.41, 5.74) is 3.15. The molecule has 0 aliphatic heterocycles. The lowest BCUT2D eigenvalue weighted by molar-refractivity contribution is 0.0526. The number of anilines is 1. The fourth-order valence-corrected chi connectivity index (χ4v) is 3.59. The number of ether oxygens (including phenoxy) is 2. The summed E-state index contributed by atoms with van der Waals surface area (Å²) < 4.78 is 31.4. The summed E-state index contributed by atoms with van der Waals surface area (Å²) in [5, 5.41) is 11.9. The van der Waals surface area contributed by atoms with E-state index in [-0.39, 0.29) is 30.4 Å². The molecule has 3 heterocycles. The highest BCUT2D eigenvalue weighted by atomic mass is 19.1. The van der Waals surface area contributed by atoms with Crippen LogP contribution in [0.1, 0.15) is 36.7 Å². The van der Waals surface area contributed by atoms with Crippen molar-refractivity contribution in [3.63, 3.8) is 0 Å². The molecule has 0 spiro atoms. The first-order valence-electron chi connectivity index (χ1n) is 12.3. The normalized spacial score (nSPS) is 11.9. The Morgan fingerprint density at radius 2 is 2.00 bits per heavy atom. The van der Waals surface area contributed by atoms with E-state index in [4.69, 9.17) is 14.0 Å². The molecule has 39 heavy (non-hydrogen) atoms. The Balaban J connectivity index is 1.71. The van der Waals surface area contributed by atoms with Crippen molar-refractivity contribution in [1.82, 2.24) is 24.9 Å². The first-order chi connectivity index (χ1) is 18.9. The van der Waals surface area contributed by atoms with Gasteiger partial charge in [0, 0.05) is 24.4 Å². The Hall–Kier alpha value is -4.80. The molecule has 1 aromatic carbocycles. The van der Waals surface area contributed by atoms with Crippen molar-refractivity contribution < 1.29 is 23.2 Å². The second kappa shape index (κ2) is 12.6. The highest BCUT2D eigenvalue weighted by Gasteiger charge is 2.20. The van der Waals surface area contributed by atoms with Gasteiger partial charge in [0.2, 0.25) is 0 Å². The molecular weight excluding hydrogens is 503 g/mol. The van der Waals surface area contributed by atoms with E-state index in [1.165, 1.54) is 18.5 Å². The van der Waals surface area contributed by atoms with E-state index in [0.29, 0.717) is 35.0 Å². The van der Waals surface area contributed by atoms with E-state index in [1.807, 2.05) is 26.0 Å². The van der Waals surface area contributed by atoms with Crippen molar-refractivity contribution in [3.05, 3.63) is 89.3 Å². The highest BCUT2D eigenvalue weighted by Crippen LogP contribution is 2.26. The van der Waals surface area contributed by atoms with Crippen molar-refractivity contribution in [2.75, 3.05) is 25.6 Å². The van der Waals surface area contributed by atoms with E-state index >= 15 is 0 Å². The largest absolute Gasteiger partial charge is 0.501 e. The van der Waals surface area contributed by atoms with E-state index in [2.05, 4.69) is 25.5 Å². The number of esters is 1. The molecule has 0 saturated carbocycles. The van der Waals surface area contributed by atoms with Crippen molar-refractivity contribution in [1.29, 1.82) is 0 Å². The van der Waals surface area contributed by atoms with Crippen molar-refractivity contribution in [2.45, 2.75) is 27.3 Å². The molecule has 202 valence electrons. The highest BCUT2D eigenvalue weighted by molar-refractivity contribution is 5.94. The van der Waals surface area contributed by atoms with Crippen LogP contribution in [0.4, 0.5) is 10.2 Å². The van der Waals surface area contributed by atoms with Crippen LogP contribution in [0.3, 0.4) is 0 Å². The van der Waals surface area contributed by atoms with Crippen LogP contribution in [0.15, 0.2) is 76.9 Å². The SMILES string of the molecule is CCOC(=O)c1cnc(-c2cc(-c3ccon3)n(Cc3ccccc3F)n2)nc1NC/C(C)=C/C=C(\C)OC. The quantitative estimate of drug-likeness (QED) is 0.157. The fraction of sp³-hybridized carbons (Fsp3) is 0.250. The minimum atomic E-state index is -0.545. The summed E-state index contributed by atoms with van der Waals surface area (Å²) in [6, 6.07) is 9.90. The van der Waals surface area contributed by atoms with Gasteiger partial charge in [-0.2, -0.15) is 5.10 Å². The first-order valence-corrected chi connectivity index (χ1v) is 12.3. The van der Waals surface area contributed by atoms with Crippen LogP contribution in [0, 0.1) is 5.82 Å². The smallest absolute Gasteiger partial charge is 0.343 e. The number of nitrogens with one attached hydrogen (secondary N) is 1. The maximum Gasteiger partial charge on any atom is 0.343 e. The molecule has 0 aliphatic rings. The second-order valence-electron chi connectivity index (χ2n) is 8.57. The summed E-state index contributed by atoms with van der Waals surface area (Å²) >= 11 is 0. The van der Waals surface area contributed by atoms with Crippen molar-refractivity contribution >= 4 is 11.8 Å². The standard InChI is InChI=1S/C28H29FN6O4/c1-5-38-28(36)21-16-31-27(32-26(21)30-15-18(2)10-11-19(3)37-4)24-14-25(23-12-13-39-34-23)35(33-24)17-20-8-6-7-9-22(20)29/h6-14,16H,5,15,17H2,1-4H3,(H,30,31,32)/b18-10+,19-11+. The third-order valence-corrected chi connectivity index (χ3v) is 5.73. The zero-order valence-electron chi connectivity index (χ0n) is 22.1. The maximum atomic E-state index is 14.4. The summed E-state index contributed by atoms with van der Waals surface area (Å²) in [7, 11) is 1.60. The molecule has 0 fully saturated rings. The Kier molecular flexibility index (Phi) is 8.82. The predicted octanol–water partition coefficient (Wildman–Crippen LogP) is 5.27. The number of aromatic nitrogens is 5. The molecule has 0 aliphatic carbocycles. The number of hydrogen-bond acceptors (Lipinski definition) is 9. The zero-order valence-corrected chi connectivity index (χ0v) is 22.1. The van der Waals surface area contributed by atoms with Gasteiger partial charge in [0.15, 0.2) is 5.82 Å². The molecule has 10 nitrogen and oxygen atoms in total. The maximum absolute atomic E-state index is 14.4. The summed E-state index contributed by atoms with van der Waals surface area (Å²) in [6.45, 7) is 6.28. The van der Waals surface area contributed by atoms with Crippen LogP contribution in [-0.4, -0.2) is 51.1 Å². The Morgan fingerprint density at radius 3 is 2.72 bits per heavy atom. The molecule has 4 aromatic rings. The average molecular weight is 533 g/mol. The topological polar surface area (TPSA) is 117 Å². The second-order valence-corrected chi connectivity index (χ2v) is 8.57. The predicted molar refractivity (Wildman–Crippen MR) is 143 cm³/mol. The molecule has 3 aromatic heterocycles. The third-order valence-electron chi connectivity index (χ3n) is 5.73. The summed E-state index contributed by atoms with van der Waals surface area (Å²) in [6.07, 6.45) is 6.61. The number of halogens is 1. The zero-order chi connectivity index (χ0) is 27.8. The van der Waals surface area contributed by atoms with Gasteiger partial charge < -0.3 is 19.3 Å². The fourth-order valence-electron chi connectivity index (χ4n) is 3.59. The number of hydrogen-bond donors (Lipinski definition) is 1. The minimum absolute atomic E-state index is 0.152. The molecule has 1 N–H and O–H groups in total. The van der Waals surface area contributed by atoms with Gasteiger partial charge in [-0.05, 0) is 39.0 Å². The molecule has 0 atom stereocenters. The van der Waals surface area contributed by atoms with E-state index < -0.39 is 5.97 Å². The van der Waals surface area contributed by atoms with E-state index in [1.54, 1.807) is 49.0 Å². The van der Waals surface area contributed by atoms with Crippen LogP contribution < -0.4 is 5.32 Å². The van der Waals surface area contributed by atoms with Crippen LogP contribution in [-0.2, 0) is 16.0 Å². The number of benzene rings is 1. The average Bonchev–Trinajstić information content (AvgIpc) is 3.62. The minimum Gasteiger partial charge on any atom is -0.501 e.